The zero-order valence-corrected chi connectivity index (χ0v) is 13.2. The number of halogens is 1. The second kappa shape index (κ2) is 7.20. The number of Topliss-reactive ketones (excluding diaryl/α,β-unsaturated/α-hetero) is 1. The monoisotopic (exact) mass is 323 g/mol. The topological polar surface area (TPSA) is 20.3 Å². The Hall–Kier alpha value is -0.670. The smallest absolute Gasteiger partial charge is 0.162 e. The predicted molar refractivity (Wildman–Crippen MR) is 82.5 cm³/mol. The Balaban J connectivity index is 1.71. The van der Waals surface area contributed by atoms with Crippen LogP contribution in [0.25, 0.3) is 0 Å². The van der Waals surface area contributed by atoms with Gasteiger partial charge in [-0.05, 0) is 50.4 Å². The third-order valence-corrected chi connectivity index (χ3v) is 4.23. The van der Waals surface area contributed by atoms with Gasteiger partial charge in [-0.3, -0.25) is 4.79 Å². The molecule has 0 radical (unpaired) electrons. The molecule has 1 fully saturated rings. The Morgan fingerprint density at radius 2 is 2.00 bits per heavy atom. The van der Waals surface area contributed by atoms with Crippen LogP contribution in [0.3, 0.4) is 0 Å². The summed E-state index contributed by atoms with van der Waals surface area (Å²) in [6, 6.07) is 7.65. The van der Waals surface area contributed by atoms with Crippen LogP contribution >= 0.6 is 15.9 Å². The molecule has 1 aliphatic rings. The molecule has 0 N–H and O–H groups in total. The molecule has 0 heterocycles. The molecule has 0 aliphatic heterocycles. The van der Waals surface area contributed by atoms with Crippen molar-refractivity contribution >= 4 is 21.7 Å². The van der Waals surface area contributed by atoms with Crippen molar-refractivity contribution in [1.82, 2.24) is 4.90 Å². The van der Waals surface area contributed by atoms with Gasteiger partial charge in [0.15, 0.2) is 5.78 Å². The maximum atomic E-state index is 12.0. The highest BCUT2D eigenvalue weighted by Crippen LogP contribution is 2.29. The van der Waals surface area contributed by atoms with Crippen molar-refractivity contribution in [2.24, 2.45) is 5.92 Å². The lowest BCUT2D eigenvalue weighted by molar-refractivity contribution is 0.0974. The van der Waals surface area contributed by atoms with Gasteiger partial charge in [0.25, 0.3) is 0 Å². The maximum absolute atomic E-state index is 12.0. The van der Waals surface area contributed by atoms with E-state index in [1.54, 1.807) is 0 Å². The highest BCUT2D eigenvalue weighted by atomic mass is 79.9. The minimum Gasteiger partial charge on any atom is -0.303 e. The number of nitrogens with zero attached hydrogens (tertiary/aromatic N) is 1. The van der Waals surface area contributed by atoms with Gasteiger partial charge in [0.05, 0.1) is 0 Å². The highest BCUT2D eigenvalue weighted by molar-refractivity contribution is 9.10. The Morgan fingerprint density at radius 3 is 2.58 bits per heavy atom. The van der Waals surface area contributed by atoms with Crippen molar-refractivity contribution in [3.05, 3.63) is 34.3 Å². The standard InChI is InChI=1S/C16H22BrNO/c1-2-18(12-13-5-6-13)11-3-4-16(19)14-7-9-15(17)10-8-14/h7-10,13H,2-6,11-12H2,1H3. The lowest BCUT2D eigenvalue weighted by atomic mass is 10.1. The largest absolute Gasteiger partial charge is 0.303 e. The first-order valence-electron chi connectivity index (χ1n) is 7.20. The number of ketones is 1. The van der Waals surface area contributed by atoms with Crippen LogP contribution < -0.4 is 0 Å². The van der Waals surface area contributed by atoms with E-state index in [1.165, 1.54) is 19.4 Å². The van der Waals surface area contributed by atoms with E-state index < -0.39 is 0 Å². The molecule has 1 aromatic rings. The van der Waals surface area contributed by atoms with E-state index >= 15 is 0 Å². The average molecular weight is 324 g/mol. The summed E-state index contributed by atoms with van der Waals surface area (Å²) >= 11 is 3.39. The predicted octanol–water partition coefficient (Wildman–Crippen LogP) is 4.14. The fraction of sp³-hybridized carbons (Fsp3) is 0.562. The molecule has 0 bridgehead atoms. The van der Waals surface area contributed by atoms with Gasteiger partial charge in [-0.15, -0.1) is 0 Å². The first kappa shape index (κ1) is 14.7. The maximum Gasteiger partial charge on any atom is 0.162 e. The number of rotatable bonds is 8. The van der Waals surface area contributed by atoms with Gasteiger partial charge < -0.3 is 4.90 Å². The molecule has 0 amide bonds. The fourth-order valence-electron chi connectivity index (χ4n) is 2.29. The Bertz CT molecular complexity index is 411. The molecule has 1 saturated carbocycles. The molecule has 1 aromatic carbocycles. The molecule has 0 aromatic heterocycles. The molecule has 0 atom stereocenters. The molecule has 1 aliphatic carbocycles. The summed E-state index contributed by atoms with van der Waals surface area (Å²) in [6.07, 6.45) is 4.42. The first-order valence-corrected chi connectivity index (χ1v) is 7.99. The van der Waals surface area contributed by atoms with Gasteiger partial charge in [0.1, 0.15) is 0 Å². The summed E-state index contributed by atoms with van der Waals surface area (Å²) in [7, 11) is 0. The number of benzene rings is 1. The summed E-state index contributed by atoms with van der Waals surface area (Å²) in [5, 5.41) is 0. The van der Waals surface area contributed by atoms with Gasteiger partial charge in [-0.1, -0.05) is 35.0 Å². The van der Waals surface area contributed by atoms with Crippen LogP contribution in [0.1, 0.15) is 43.0 Å². The zero-order valence-electron chi connectivity index (χ0n) is 11.6. The van der Waals surface area contributed by atoms with E-state index in [4.69, 9.17) is 0 Å². The summed E-state index contributed by atoms with van der Waals surface area (Å²) in [4.78, 5) is 14.5. The van der Waals surface area contributed by atoms with Crippen LogP contribution in [0.2, 0.25) is 0 Å². The number of hydrogen-bond acceptors (Lipinski definition) is 2. The van der Waals surface area contributed by atoms with Crippen molar-refractivity contribution < 1.29 is 4.79 Å². The molecule has 2 rings (SSSR count). The number of hydrogen-bond donors (Lipinski definition) is 0. The lowest BCUT2D eigenvalue weighted by Crippen LogP contribution is -2.27. The van der Waals surface area contributed by atoms with Crippen LogP contribution in [0, 0.1) is 5.92 Å². The van der Waals surface area contributed by atoms with E-state index in [1.807, 2.05) is 24.3 Å². The van der Waals surface area contributed by atoms with E-state index in [-0.39, 0.29) is 5.78 Å². The molecule has 0 spiro atoms. The second-order valence-electron chi connectivity index (χ2n) is 5.37. The molecule has 104 valence electrons. The zero-order chi connectivity index (χ0) is 13.7. The minimum absolute atomic E-state index is 0.259. The average Bonchev–Trinajstić information content (AvgIpc) is 3.22. The number of carbonyl (C=O) groups is 1. The SMILES string of the molecule is CCN(CCCC(=O)c1ccc(Br)cc1)CC1CC1. The third kappa shape index (κ3) is 5.07. The van der Waals surface area contributed by atoms with E-state index in [2.05, 4.69) is 27.8 Å². The molecular weight excluding hydrogens is 302 g/mol. The minimum atomic E-state index is 0.259. The van der Waals surface area contributed by atoms with E-state index in [9.17, 15) is 4.79 Å². The summed E-state index contributed by atoms with van der Waals surface area (Å²) in [6.45, 7) is 5.58. The number of carbonyl (C=O) groups excluding carboxylic acids is 1. The Kier molecular flexibility index (Phi) is 5.59. The van der Waals surface area contributed by atoms with Gasteiger partial charge >= 0.3 is 0 Å². The summed E-state index contributed by atoms with van der Waals surface area (Å²) < 4.78 is 1.02. The molecular formula is C16H22BrNO. The summed E-state index contributed by atoms with van der Waals surface area (Å²) in [5.41, 5.74) is 0.827. The quantitative estimate of drug-likeness (QED) is 0.670. The van der Waals surface area contributed by atoms with Crippen molar-refractivity contribution in [2.45, 2.75) is 32.6 Å². The second-order valence-corrected chi connectivity index (χ2v) is 6.29. The first-order chi connectivity index (χ1) is 9.19. The van der Waals surface area contributed by atoms with Crippen molar-refractivity contribution in [3.8, 4) is 0 Å². The highest BCUT2D eigenvalue weighted by Gasteiger charge is 2.23. The Morgan fingerprint density at radius 1 is 1.32 bits per heavy atom. The normalized spacial score (nSPS) is 14.9. The summed E-state index contributed by atoms with van der Waals surface area (Å²) in [5.74, 6) is 1.19. The van der Waals surface area contributed by atoms with Gasteiger partial charge in [-0.2, -0.15) is 0 Å². The van der Waals surface area contributed by atoms with Gasteiger partial charge in [0, 0.05) is 23.0 Å². The van der Waals surface area contributed by atoms with Crippen LogP contribution in [0.15, 0.2) is 28.7 Å². The molecule has 19 heavy (non-hydrogen) atoms. The van der Waals surface area contributed by atoms with Crippen LogP contribution in [-0.2, 0) is 0 Å². The lowest BCUT2D eigenvalue weighted by Gasteiger charge is -2.19. The van der Waals surface area contributed by atoms with Gasteiger partial charge in [-0.25, -0.2) is 0 Å². The molecule has 0 unspecified atom stereocenters. The van der Waals surface area contributed by atoms with Crippen molar-refractivity contribution in [2.75, 3.05) is 19.6 Å². The van der Waals surface area contributed by atoms with Crippen molar-refractivity contribution in [1.29, 1.82) is 0 Å². The van der Waals surface area contributed by atoms with E-state index in [0.717, 1.165) is 35.5 Å². The van der Waals surface area contributed by atoms with Gasteiger partial charge in [0.2, 0.25) is 0 Å². The van der Waals surface area contributed by atoms with Crippen LogP contribution in [-0.4, -0.2) is 30.3 Å². The molecule has 3 heteroatoms. The van der Waals surface area contributed by atoms with E-state index in [0.29, 0.717) is 6.42 Å². The fourth-order valence-corrected chi connectivity index (χ4v) is 2.55. The molecule has 2 nitrogen and oxygen atoms in total. The van der Waals surface area contributed by atoms with Crippen LogP contribution in [0.4, 0.5) is 0 Å². The van der Waals surface area contributed by atoms with Crippen LogP contribution in [0.5, 0.6) is 0 Å². The van der Waals surface area contributed by atoms with Crippen molar-refractivity contribution in [3.63, 3.8) is 0 Å². The molecule has 0 saturated heterocycles. The Labute approximate surface area is 124 Å². The third-order valence-electron chi connectivity index (χ3n) is 3.70.